The largest absolute Gasteiger partial charge is 0.463 e. The molecule has 0 radical (unpaired) electrons. The summed E-state index contributed by atoms with van der Waals surface area (Å²) >= 11 is 0. The molecule has 11 heteroatoms. The summed E-state index contributed by atoms with van der Waals surface area (Å²) < 4.78 is 19.8. The number of methoxy groups -OCH3 is 1. The molecule has 4 rings (SSSR count). The smallest absolute Gasteiger partial charge is 0.376 e. The Morgan fingerprint density at radius 3 is 2.51 bits per heavy atom. The highest BCUT2D eigenvalue weighted by atomic mass is 28.4. The molecule has 0 aliphatic carbocycles. The van der Waals surface area contributed by atoms with Gasteiger partial charge in [-0.1, -0.05) is 45.9 Å². The molecule has 2 aromatic heterocycles. The molecule has 1 saturated heterocycles. The summed E-state index contributed by atoms with van der Waals surface area (Å²) in [5.74, 6) is -1.16. The highest BCUT2D eigenvalue weighted by molar-refractivity contribution is 6.74. The molecule has 1 unspecified atom stereocenters. The number of fused-ring (bicyclic) bond motifs is 1. The van der Waals surface area contributed by atoms with E-state index in [-0.39, 0.29) is 34.8 Å². The molecule has 198 valence electrons. The second-order valence-electron chi connectivity index (χ2n) is 10.7. The number of hydrogen-bond donors (Lipinski definition) is 1. The van der Waals surface area contributed by atoms with Crippen molar-refractivity contribution in [1.29, 1.82) is 0 Å². The summed E-state index contributed by atoms with van der Waals surface area (Å²) in [6.07, 6.45) is 2.44. The van der Waals surface area contributed by atoms with Gasteiger partial charge in [-0.3, -0.25) is 9.36 Å². The SMILES string of the molecule is CC[C@H]1O[C@@H](n2cnc3c(NC(=O)c4ccccc4)nc(C(=O)OC)nc32)CC1O[Si](C)(C)C(C)(C)C. The maximum Gasteiger partial charge on any atom is 0.376 e. The number of carbonyl (C=O) groups is 2. The van der Waals surface area contributed by atoms with Crippen molar-refractivity contribution in [1.82, 2.24) is 19.5 Å². The van der Waals surface area contributed by atoms with Crippen molar-refractivity contribution in [2.45, 2.75) is 77.1 Å². The first-order valence-electron chi connectivity index (χ1n) is 12.5. The average molecular weight is 526 g/mol. The van der Waals surface area contributed by atoms with Gasteiger partial charge >= 0.3 is 5.97 Å². The topological polar surface area (TPSA) is 117 Å². The number of ether oxygens (including phenoxy) is 2. The zero-order chi connectivity index (χ0) is 27.0. The fraction of sp³-hybridized carbons (Fsp3) is 0.500. The third-order valence-corrected chi connectivity index (χ3v) is 11.7. The first-order chi connectivity index (χ1) is 17.4. The van der Waals surface area contributed by atoms with Crippen molar-refractivity contribution in [2.24, 2.45) is 0 Å². The number of carbonyl (C=O) groups excluding carboxylic acids is 2. The van der Waals surface area contributed by atoms with Gasteiger partial charge in [0.15, 0.2) is 25.3 Å². The molecule has 1 aromatic carbocycles. The molecular formula is C26H35N5O5Si. The number of nitrogens with zero attached hydrogens (tertiary/aromatic N) is 4. The van der Waals surface area contributed by atoms with Gasteiger partial charge in [-0.2, -0.15) is 0 Å². The van der Waals surface area contributed by atoms with Crippen LogP contribution in [0.3, 0.4) is 0 Å². The van der Waals surface area contributed by atoms with E-state index in [4.69, 9.17) is 13.9 Å². The predicted molar refractivity (Wildman–Crippen MR) is 142 cm³/mol. The third kappa shape index (κ3) is 5.43. The summed E-state index contributed by atoms with van der Waals surface area (Å²) in [5, 5.41) is 2.84. The van der Waals surface area contributed by atoms with E-state index in [0.717, 1.165) is 6.42 Å². The number of hydrogen-bond acceptors (Lipinski definition) is 8. The van der Waals surface area contributed by atoms with Crippen LogP contribution in [0.25, 0.3) is 11.2 Å². The molecule has 1 aliphatic rings. The Hall–Kier alpha value is -3.15. The van der Waals surface area contributed by atoms with Crippen molar-refractivity contribution in [3.05, 3.63) is 48.0 Å². The van der Waals surface area contributed by atoms with Crippen LogP contribution in [0.5, 0.6) is 0 Å². The standard InChI is InChI=1S/C26H35N5O5Si/c1-8-17-18(36-37(6,7)26(2,3)4)14-19(35-17)31-15-27-20-21(28-22(25(33)34-5)29-23(20)31)30-24(32)16-12-10-9-11-13-16/h9-13,15,17-19H,8,14H2,1-7H3,(H,28,29,30,32)/t17-,18?,19-/m1/s1. The Morgan fingerprint density at radius 2 is 1.89 bits per heavy atom. The molecule has 3 aromatic rings. The molecule has 0 bridgehead atoms. The number of nitrogens with one attached hydrogen (secondary N) is 1. The van der Waals surface area contributed by atoms with Crippen LogP contribution in [0.2, 0.25) is 18.1 Å². The van der Waals surface area contributed by atoms with Gasteiger partial charge in [0.1, 0.15) is 6.23 Å². The number of benzene rings is 1. The molecule has 10 nitrogen and oxygen atoms in total. The minimum absolute atomic E-state index is 0.0690. The zero-order valence-corrected chi connectivity index (χ0v) is 23.4. The summed E-state index contributed by atoms with van der Waals surface area (Å²) in [5.41, 5.74) is 1.16. The van der Waals surface area contributed by atoms with Crippen LogP contribution in [0.15, 0.2) is 36.7 Å². The Morgan fingerprint density at radius 1 is 1.19 bits per heavy atom. The van der Waals surface area contributed by atoms with E-state index in [2.05, 4.69) is 61.1 Å². The van der Waals surface area contributed by atoms with Gasteiger partial charge in [-0.05, 0) is 36.7 Å². The van der Waals surface area contributed by atoms with E-state index in [1.165, 1.54) is 7.11 Å². The van der Waals surface area contributed by atoms with Crippen LogP contribution < -0.4 is 5.32 Å². The third-order valence-electron chi connectivity index (χ3n) is 7.20. The van der Waals surface area contributed by atoms with Gasteiger partial charge in [0.2, 0.25) is 5.82 Å². The van der Waals surface area contributed by atoms with Crippen molar-refractivity contribution >= 4 is 37.2 Å². The van der Waals surface area contributed by atoms with Crippen molar-refractivity contribution < 1.29 is 23.5 Å². The van der Waals surface area contributed by atoms with Gasteiger partial charge in [0, 0.05) is 12.0 Å². The Bertz CT molecular complexity index is 1290. The van der Waals surface area contributed by atoms with E-state index < -0.39 is 20.5 Å². The number of anilines is 1. The van der Waals surface area contributed by atoms with Crippen molar-refractivity contribution in [3.63, 3.8) is 0 Å². The lowest BCUT2D eigenvalue weighted by atomic mass is 10.1. The molecule has 3 atom stereocenters. The molecular weight excluding hydrogens is 490 g/mol. The highest BCUT2D eigenvalue weighted by Gasteiger charge is 2.44. The first-order valence-corrected chi connectivity index (χ1v) is 15.4. The number of esters is 1. The number of aromatic nitrogens is 4. The average Bonchev–Trinajstić information content (AvgIpc) is 3.46. The molecule has 1 fully saturated rings. The molecule has 1 amide bonds. The van der Waals surface area contributed by atoms with Gasteiger partial charge in [0.25, 0.3) is 5.91 Å². The first kappa shape index (κ1) is 26.9. The maximum absolute atomic E-state index is 12.9. The molecule has 0 spiro atoms. The normalized spacial score (nSPS) is 20.2. The molecule has 0 saturated carbocycles. The lowest BCUT2D eigenvalue weighted by Crippen LogP contribution is -2.45. The number of amides is 1. The second kappa shape index (κ2) is 10.3. The Balaban J connectivity index is 1.69. The van der Waals surface area contributed by atoms with E-state index >= 15 is 0 Å². The minimum Gasteiger partial charge on any atom is -0.463 e. The molecule has 1 aliphatic heterocycles. The van der Waals surface area contributed by atoms with Gasteiger partial charge in [0.05, 0.1) is 25.6 Å². The molecule has 37 heavy (non-hydrogen) atoms. The van der Waals surface area contributed by atoms with E-state index in [0.29, 0.717) is 23.1 Å². The highest BCUT2D eigenvalue weighted by Crippen LogP contribution is 2.42. The lowest BCUT2D eigenvalue weighted by Gasteiger charge is -2.39. The summed E-state index contributed by atoms with van der Waals surface area (Å²) in [6, 6.07) is 8.73. The maximum atomic E-state index is 12.9. The fourth-order valence-electron chi connectivity index (χ4n) is 4.08. The van der Waals surface area contributed by atoms with E-state index in [1.54, 1.807) is 35.2 Å². The van der Waals surface area contributed by atoms with Crippen LogP contribution >= 0.6 is 0 Å². The van der Waals surface area contributed by atoms with E-state index in [9.17, 15) is 9.59 Å². The summed E-state index contributed by atoms with van der Waals surface area (Å²) in [6.45, 7) is 13.2. The quantitative estimate of drug-likeness (QED) is 0.340. The second-order valence-corrected chi connectivity index (χ2v) is 15.5. The van der Waals surface area contributed by atoms with Crippen molar-refractivity contribution in [2.75, 3.05) is 12.4 Å². The van der Waals surface area contributed by atoms with Crippen LogP contribution in [0.4, 0.5) is 5.82 Å². The zero-order valence-electron chi connectivity index (χ0n) is 22.4. The van der Waals surface area contributed by atoms with E-state index in [1.807, 2.05) is 6.07 Å². The Kier molecular flexibility index (Phi) is 7.49. The minimum atomic E-state index is -2.02. The lowest BCUT2D eigenvalue weighted by molar-refractivity contribution is -0.0162. The van der Waals surface area contributed by atoms with Crippen LogP contribution in [0, 0.1) is 0 Å². The van der Waals surface area contributed by atoms with Gasteiger partial charge < -0.3 is 19.2 Å². The molecule has 3 heterocycles. The van der Waals surface area contributed by atoms with Gasteiger partial charge in [-0.25, -0.2) is 19.7 Å². The van der Waals surface area contributed by atoms with Gasteiger partial charge in [-0.15, -0.1) is 0 Å². The van der Waals surface area contributed by atoms with Crippen LogP contribution in [-0.4, -0.2) is 59.0 Å². The van der Waals surface area contributed by atoms with Crippen molar-refractivity contribution in [3.8, 4) is 0 Å². The van der Waals surface area contributed by atoms with Crippen LogP contribution in [-0.2, 0) is 13.9 Å². The number of imidazole rings is 1. The summed E-state index contributed by atoms with van der Waals surface area (Å²) in [7, 11) is -0.770. The number of rotatable bonds is 7. The Labute approximate surface area is 217 Å². The predicted octanol–water partition coefficient (Wildman–Crippen LogP) is 4.95. The fourth-order valence-corrected chi connectivity index (χ4v) is 5.44. The van der Waals surface area contributed by atoms with Crippen LogP contribution in [0.1, 0.15) is 67.7 Å². The summed E-state index contributed by atoms with van der Waals surface area (Å²) in [4.78, 5) is 38.4. The molecule has 1 N–H and O–H groups in total. The monoisotopic (exact) mass is 525 g/mol.